The van der Waals surface area contributed by atoms with Crippen molar-refractivity contribution < 1.29 is 14.3 Å². The molecule has 6 nitrogen and oxygen atoms in total. The van der Waals surface area contributed by atoms with Crippen molar-refractivity contribution in [2.75, 3.05) is 31.1 Å². The number of hydrogen-bond donors (Lipinski definition) is 2. The molecule has 0 radical (unpaired) electrons. The van der Waals surface area contributed by atoms with Gasteiger partial charge >= 0.3 is 0 Å². The molecule has 1 amide bonds. The zero-order valence-electron chi connectivity index (χ0n) is 15.8. The van der Waals surface area contributed by atoms with Crippen LogP contribution in [0.4, 0.5) is 16.5 Å². The van der Waals surface area contributed by atoms with Crippen LogP contribution in [0.2, 0.25) is 0 Å². The highest BCUT2D eigenvalue weighted by Crippen LogP contribution is 2.32. The highest BCUT2D eigenvalue weighted by Gasteiger charge is 2.11. The average molecular weight is 416 g/mol. The van der Waals surface area contributed by atoms with E-state index in [-0.39, 0.29) is 12.3 Å². The average Bonchev–Trinajstić information content (AvgIpc) is 3.14. The van der Waals surface area contributed by atoms with E-state index in [0.717, 1.165) is 16.3 Å². The molecule has 1 heterocycles. The zero-order chi connectivity index (χ0) is 19.9. The summed E-state index contributed by atoms with van der Waals surface area (Å²) in [4.78, 5) is 17.9. The fourth-order valence-corrected chi connectivity index (χ4v) is 3.73. The first-order chi connectivity index (χ1) is 13.6. The van der Waals surface area contributed by atoms with Crippen molar-refractivity contribution in [2.24, 2.45) is 0 Å². The lowest BCUT2D eigenvalue weighted by molar-refractivity contribution is -0.115. The molecule has 3 aromatic rings. The number of methoxy groups -OCH3 is 2. The van der Waals surface area contributed by atoms with Crippen LogP contribution >= 0.6 is 23.1 Å². The Morgan fingerprint density at radius 2 is 2.04 bits per heavy atom. The second-order valence-corrected chi connectivity index (χ2v) is 7.53. The van der Waals surface area contributed by atoms with Gasteiger partial charge in [0, 0.05) is 22.0 Å². The molecule has 2 aromatic carbocycles. The number of nitrogens with zero attached hydrogens (tertiary/aromatic N) is 1. The molecule has 0 saturated heterocycles. The smallest absolute Gasteiger partial charge is 0.230 e. The van der Waals surface area contributed by atoms with Gasteiger partial charge in [0.2, 0.25) is 5.91 Å². The molecule has 0 fully saturated rings. The Balaban J connectivity index is 1.65. The van der Waals surface area contributed by atoms with Crippen molar-refractivity contribution >= 4 is 45.5 Å². The summed E-state index contributed by atoms with van der Waals surface area (Å²) in [6.07, 6.45) is 2.21. The number of amides is 1. The molecule has 2 N–H and O–H groups in total. The quantitative estimate of drug-likeness (QED) is 0.515. The number of aromatic nitrogens is 1. The zero-order valence-corrected chi connectivity index (χ0v) is 17.4. The van der Waals surface area contributed by atoms with Crippen LogP contribution in [0, 0.1) is 0 Å². The Labute approximate surface area is 172 Å². The van der Waals surface area contributed by atoms with Gasteiger partial charge in [-0.2, -0.15) is 0 Å². The Morgan fingerprint density at radius 1 is 1.18 bits per heavy atom. The number of thiazole rings is 1. The normalized spacial score (nSPS) is 10.4. The van der Waals surface area contributed by atoms with Crippen molar-refractivity contribution in [3.8, 4) is 11.5 Å². The predicted molar refractivity (Wildman–Crippen MR) is 115 cm³/mol. The Bertz CT molecular complexity index is 959. The van der Waals surface area contributed by atoms with Gasteiger partial charge in [0.05, 0.1) is 32.0 Å². The minimum Gasteiger partial charge on any atom is -0.497 e. The van der Waals surface area contributed by atoms with Crippen LogP contribution in [-0.4, -0.2) is 31.4 Å². The Hall–Kier alpha value is -2.71. The SMILES string of the molecule is COc1ccc(OC)c(Nc2nc(CC(=O)Nc3cccc(SC)c3)cs2)c1. The van der Waals surface area contributed by atoms with Gasteiger partial charge in [-0.3, -0.25) is 4.79 Å². The summed E-state index contributed by atoms with van der Waals surface area (Å²) in [5.41, 5.74) is 2.24. The highest BCUT2D eigenvalue weighted by atomic mass is 32.2. The molecule has 0 aliphatic heterocycles. The second kappa shape index (κ2) is 9.48. The molecule has 28 heavy (non-hydrogen) atoms. The molecule has 0 saturated carbocycles. The number of carbonyl (C=O) groups excluding carboxylic acids is 1. The first-order valence-corrected chi connectivity index (χ1v) is 10.6. The number of carbonyl (C=O) groups is 1. The third-order valence-corrected chi connectivity index (χ3v) is 5.43. The molecule has 0 bridgehead atoms. The fourth-order valence-electron chi connectivity index (χ4n) is 2.54. The lowest BCUT2D eigenvalue weighted by atomic mass is 10.2. The number of thioether (sulfide) groups is 1. The van der Waals surface area contributed by atoms with Gasteiger partial charge in [0.1, 0.15) is 11.5 Å². The van der Waals surface area contributed by atoms with Gasteiger partial charge in [0.25, 0.3) is 0 Å². The lowest BCUT2D eigenvalue weighted by Gasteiger charge is -2.10. The lowest BCUT2D eigenvalue weighted by Crippen LogP contribution is -2.14. The minimum absolute atomic E-state index is 0.103. The minimum atomic E-state index is -0.103. The maximum absolute atomic E-state index is 12.3. The largest absolute Gasteiger partial charge is 0.497 e. The van der Waals surface area contributed by atoms with Crippen LogP contribution in [-0.2, 0) is 11.2 Å². The molecule has 0 spiro atoms. The van der Waals surface area contributed by atoms with Crippen LogP contribution in [0.15, 0.2) is 52.7 Å². The molecular weight excluding hydrogens is 394 g/mol. The molecule has 0 aliphatic rings. The maximum atomic E-state index is 12.3. The van der Waals surface area contributed by atoms with E-state index in [0.29, 0.717) is 22.3 Å². The van der Waals surface area contributed by atoms with E-state index >= 15 is 0 Å². The summed E-state index contributed by atoms with van der Waals surface area (Å²) in [5.74, 6) is 1.30. The van der Waals surface area contributed by atoms with E-state index in [4.69, 9.17) is 9.47 Å². The molecule has 146 valence electrons. The molecule has 3 rings (SSSR count). The fraction of sp³-hybridized carbons (Fsp3) is 0.200. The summed E-state index contributed by atoms with van der Waals surface area (Å²) in [5, 5.41) is 8.68. The van der Waals surface area contributed by atoms with E-state index in [1.165, 1.54) is 11.3 Å². The van der Waals surface area contributed by atoms with E-state index in [1.54, 1.807) is 26.0 Å². The molecule has 0 aliphatic carbocycles. The number of hydrogen-bond acceptors (Lipinski definition) is 7. The van der Waals surface area contributed by atoms with Gasteiger partial charge in [-0.05, 0) is 36.6 Å². The van der Waals surface area contributed by atoms with Crippen LogP contribution in [0.5, 0.6) is 11.5 Å². The molecule has 8 heteroatoms. The molecule has 0 atom stereocenters. The summed E-state index contributed by atoms with van der Waals surface area (Å²) >= 11 is 3.06. The monoisotopic (exact) mass is 415 g/mol. The molecular formula is C20H21N3O3S2. The van der Waals surface area contributed by atoms with Crippen molar-refractivity contribution in [2.45, 2.75) is 11.3 Å². The van der Waals surface area contributed by atoms with Crippen LogP contribution in [0.3, 0.4) is 0 Å². The first-order valence-electron chi connectivity index (χ1n) is 8.48. The highest BCUT2D eigenvalue weighted by molar-refractivity contribution is 7.98. The molecule has 1 aromatic heterocycles. The van der Waals surface area contributed by atoms with E-state index in [9.17, 15) is 4.79 Å². The topological polar surface area (TPSA) is 72.5 Å². The number of nitrogens with one attached hydrogen (secondary N) is 2. The standard InChI is InChI=1S/C20H21N3O3S2/c1-25-15-7-8-18(26-2)17(11-15)23-20-22-14(12-28-20)10-19(24)21-13-5-4-6-16(9-13)27-3/h4-9,11-12H,10H2,1-3H3,(H,21,24)(H,22,23). The maximum Gasteiger partial charge on any atom is 0.230 e. The van der Waals surface area contributed by atoms with Crippen LogP contribution < -0.4 is 20.1 Å². The van der Waals surface area contributed by atoms with Crippen LogP contribution in [0.1, 0.15) is 5.69 Å². The third kappa shape index (κ3) is 5.17. The number of rotatable bonds is 8. The van der Waals surface area contributed by atoms with Crippen molar-refractivity contribution in [1.29, 1.82) is 0 Å². The van der Waals surface area contributed by atoms with Crippen molar-refractivity contribution in [3.63, 3.8) is 0 Å². The first kappa shape index (κ1) is 20.0. The number of benzene rings is 2. The summed E-state index contributed by atoms with van der Waals surface area (Å²) in [6.45, 7) is 0. The summed E-state index contributed by atoms with van der Waals surface area (Å²) in [7, 11) is 3.22. The molecule has 0 unspecified atom stereocenters. The van der Waals surface area contributed by atoms with Gasteiger partial charge in [-0.1, -0.05) is 6.07 Å². The summed E-state index contributed by atoms with van der Waals surface area (Å²) in [6, 6.07) is 13.2. The van der Waals surface area contributed by atoms with Crippen molar-refractivity contribution in [3.05, 3.63) is 53.5 Å². The Morgan fingerprint density at radius 3 is 2.79 bits per heavy atom. The van der Waals surface area contributed by atoms with Gasteiger partial charge < -0.3 is 20.1 Å². The summed E-state index contributed by atoms with van der Waals surface area (Å²) < 4.78 is 10.6. The van der Waals surface area contributed by atoms with Crippen molar-refractivity contribution in [1.82, 2.24) is 4.98 Å². The number of ether oxygens (including phenoxy) is 2. The number of anilines is 3. The van der Waals surface area contributed by atoms with Gasteiger partial charge in [-0.15, -0.1) is 23.1 Å². The van der Waals surface area contributed by atoms with Gasteiger partial charge in [0.15, 0.2) is 5.13 Å². The van der Waals surface area contributed by atoms with Crippen LogP contribution in [0.25, 0.3) is 0 Å². The Kier molecular flexibility index (Phi) is 6.78. The van der Waals surface area contributed by atoms with E-state index in [1.807, 2.05) is 54.1 Å². The van der Waals surface area contributed by atoms with E-state index < -0.39 is 0 Å². The van der Waals surface area contributed by atoms with Gasteiger partial charge in [-0.25, -0.2) is 4.98 Å². The predicted octanol–water partition coefficient (Wildman–Crippen LogP) is 4.81. The second-order valence-electron chi connectivity index (χ2n) is 5.79. The third-order valence-electron chi connectivity index (χ3n) is 3.90. The van der Waals surface area contributed by atoms with E-state index in [2.05, 4.69) is 15.6 Å².